The lowest BCUT2D eigenvalue weighted by atomic mass is 9.95. The predicted molar refractivity (Wildman–Crippen MR) is 93.5 cm³/mol. The van der Waals surface area contributed by atoms with E-state index < -0.39 is 11.2 Å². The summed E-state index contributed by atoms with van der Waals surface area (Å²) in [5, 5.41) is 0. The Hall–Kier alpha value is -1.22. The van der Waals surface area contributed by atoms with E-state index in [0.717, 1.165) is 12.8 Å². The number of epoxide rings is 4. The minimum absolute atomic E-state index is 0.132. The van der Waals surface area contributed by atoms with E-state index in [-0.39, 0.29) is 60.8 Å². The molecule has 0 aliphatic carbocycles. The summed E-state index contributed by atoms with van der Waals surface area (Å²) in [6.45, 7) is 7.96. The van der Waals surface area contributed by atoms with Crippen molar-refractivity contribution >= 4 is 11.9 Å². The number of hydrogen-bond donors (Lipinski definition) is 0. The van der Waals surface area contributed by atoms with Gasteiger partial charge >= 0.3 is 11.9 Å². The standard InChI is InChI=1S/C20H28O8/c1-17-7-5-11-19(3,27-11)16(22)24-10-14-18(2,26-14)8-6-12-20(4,28-12)15(21)23-9-13(17)25-17/h11-14H,5-10H2,1-4H3/t11-,12-,13-,14-,17-,18-,19+,20+/m0/s1. The highest BCUT2D eigenvalue weighted by Crippen LogP contribution is 2.49. The minimum atomic E-state index is -0.881. The summed E-state index contributed by atoms with van der Waals surface area (Å²) in [7, 11) is 0. The maximum absolute atomic E-state index is 12.4. The van der Waals surface area contributed by atoms with Crippen molar-refractivity contribution < 1.29 is 38.0 Å². The van der Waals surface area contributed by atoms with Gasteiger partial charge in [0.25, 0.3) is 0 Å². The molecule has 0 N–H and O–H groups in total. The number of carbonyl (C=O) groups is 2. The molecule has 156 valence electrons. The van der Waals surface area contributed by atoms with Gasteiger partial charge in [-0.05, 0) is 53.4 Å². The average Bonchev–Trinajstić information content (AvgIpc) is 3.55. The van der Waals surface area contributed by atoms with E-state index in [1.807, 2.05) is 13.8 Å². The van der Waals surface area contributed by atoms with Gasteiger partial charge in [-0.25, -0.2) is 9.59 Å². The van der Waals surface area contributed by atoms with Crippen LogP contribution in [0.2, 0.25) is 0 Å². The fraction of sp³-hybridized carbons (Fsp3) is 0.900. The highest BCUT2D eigenvalue weighted by molar-refractivity contribution is 5.83. The summed E-state index contributed by atoms with van der Waals surface area (Å²) >= 11 is 0. The summed E-state index contributed by atoms with van der Waals surface area (Å²) in [5.41, 5.74) is -2.46. The first kappa shape index (κ1) is 18.8. The Labute approximate surface area is 164 Å². The van der Waals surface area contributed by atoms with Crippen LogP contribution in [-0.4, -0.2) is 72.0 Å². The molecule has 0 saturated carbocycles. The Morgan fingerprint density at radius 3 is 1.43 bits per heavy atom. The maximum atomic E-state index is 12.4. The second-order valence-electron chi connectivity index (χ2n) is 9.54. The summed E-state index contributed by atoms with van der Waals surface area (Å²) in [4.78, 5) is 24.9. The fourth-order valence-corrected chi connectivity index (χ4v) is 4.42. The van der Waals surface area contributed by atoms with Crippen LogP contribution in [0.5, 0.6) is 0 Å². The average molecular weight is 396 g/mol. The van der Waals surface area contributed by atoms with Crippen LogP contribution in [0.3, 0.4) is 0 Å². The van der Waals surface area contributed by atoms with Gasteiger partial charge in [0, 0.05) is 0 Å². The molecule has 0 aromatic carbocycles. The van der Waals surface area contributed by atoms with Gasteiger partial charge in [-0.3, -0.25) is 0 Å². The monoisotopic (exact) mass is 396 g/mol. The molecule has 5 aliphatic rings. The molecule has 0 aromatic heterocycles. The van der Waals surface area contributed by atoms with E-state index in [4.69, 9.17) is 28.4 Å². The first-order valence-corrected chi connectivity index (χ1v) is 10.1. The number of fused-ring (bicyclic) bond motifs is 4. The third-order valence-corrected chi connectivity index (χ3v) is 7.31. The molecule has 5 rings (SSSR count). The SMILES string of the molecule is C[C@@]12O[C@H]1CC[C@]1(C)O[C@H]1COC(=O)[C@]1(C)O[C@H]1CC[C@]1(C)O[C@H]1COC2=O. The Balaban J connectivity index is 1.25. The van der Waals surface area contributed by atoms with Crippen molar-refractivity contribution in [2.45, 2.75) is 100 Å². The Morgan fingerprint density at radius 2 is 1.04 bits per heavy atom. The van der Waals surface area contributed by atoms with Crippen LogP contribution < -0.4 is 0 Å². The van der Waals surface area contributed by atoms with Gasteiger partial charge in [-0.1, -0.05) is 0 Å². The zero-order valence-electron chi connectivity index (χ0n) is 16.8. The molecule has 0 bridgehead atoms. The van der Waals surface area contributed by atoms with Crippen molar-refractivity contribution in [2.75, 3.05) is 13.2 Å². The van der Waals surface area contributed by atoms with Crippen molar-refractivity contribution in [3.8, 4) is 0 Å². The van der Waals surface area contributed by atoms with E-state index in [9.17, 15) is 9.59 Å². The van der Waals surface area contributed by atoms with Crippen molar-refractivity contribution in [3.05, 3.63) is 0 Å². The Morgan fingerprint density at radius 1 is 0.643 bits per heavy atom. The lowest BCUT2D eigenvalue weighted by molar-refractivity contribution is -0.150. The topological polar surface area (TPSA) is 103 Å². The number of carbonyl (C=O) groups excluding carboxylic acids is 2. The molecule has 5 saturated heterocycles. The van der Waals surface area contributed by atoms with Crippen molar-refractivity contribution in [3.63, 3.8) is 0 Å². The van der Waals surface area contributed by atoms with E-state index >= 15 is 0 Å². The molecular formula is C20H28O8. The number of cyclic esters (lactones) is 2. The highest BCUT2D eigenvalue weighted by Gasteiger charge is 2.64. The third kappa shape index (κ3) is 2.96. The van der Waals surface area contributed by atoms with Crippen LogP contribution in [0.1, 0.15) is 53.4 Å². The molecule has 8 heteroatoms. The first-order chi connectivity index (χ1) is 13.1. The van der Waals surface area contributed by atoms with Crippen molar-refractivity contribution in [1.82, 2.24) is 0 Å². The minimum Gasteiger partial charge on any atom is -0.461 e. The molecule has 0 radical (unpaired) electrons. The van der Waals surface area contributed by atoms with E-state index in [1.165, 1.54) is 0 Å². The smallest absolute Gasteiger partial charge is 0.340 e. The summed E-state index contributed by atoms with van der Waals surface area (Å²) in [6, 6.07) is 0. The number of ether oxygens (including phenoxy) is 6. The Kier molecular flexibility index (Phi) is 3.81. The number of rotatable bonds is 0. The van der Waals surface area contributed by atoms with Gasteiger partial charge in [0.15, 0.2) is 11.2 Å². The normalized spacial score (nSPS) is 55.7. The molecule has 28 heavy (non-hydrogen) atoms. The molecule has 8 atom stereocenters. The highest BCUT2D eigenvalue weighted by atomic mass is 16.7. The molecule has 0 amide bonds. The summed E-state index contributed by atoms with van der Waals surface area (Å²) in [6.07, 6.45) is 2.22. The molecule has 0 aromatic rings. The maximum Gasteiger partial charge on any atom is 0.340 e. The molecule has 8 nitrogen and oxygen atoms in total. The van der Waals surface area contributed by atoms with E-state index in [2.05, 4.69) is 0 Å². The van der Waals surface area contributed by atoms with Crippen LogP contribution in [0, 0.1) is 0 Å². The second kappa shape index (κ2) is 5.68. The van der Waals surface area contributed by atoms with Gasteiger partial charge in [0.2, 0.25) is 0 Å². The van der Waals surface area contributed by atoms with Gasteiger partial charge in [-0.15, -0.1) is 0 Å². The van der Waals surface area contributed by atoms with Crippen LogP contribution in [0.25, 0.3) is 0 Å². The fourth-order valence-electron chi connectivity index (χ4n) is 4.42. The van der Waals surface area contributed by atoms with Gasteiger partial charge in [-0.2, -0.15) is 0 Å². The molecule has 5 fully saturated rings. The van der Waals surface area contributed by atoms with Crippen molar-refractivity contribution in [1.29, 1.82) is 0 Å². The van der Waals surface area contributed by atoms with Crippen LogP contribution in [0.15, 0.2) is 0 Å². The lowest BCUT2D eigenvalue weighted by Crippen LogP contribution is -2.30. The van der Waals surface area contributed by atoms with Gasteiger partial charge in [0.05, 0.1) is 23.4 Å². The van der Waals surface area contributed by atoms with Gasteiger partial charge < -0.3 is 28.4 Å². The van der Waals surface area contributed by atoms with E-state index in [1.54, 1.807) is 13.8 Å². The number of hydrogen-bond acceptors (Lipinski definition) is 8. The quantitative estimate of drug-likeness (QED) is 0.446. The Bertz CT molecular complexity index is 665. The molecule has 5 aliphatic heterocycles. The van der Waals surface area contributed by atoms with Crippen LogP contribution in [0.4, 0.5) is 0 Å². The van der Waals surface area contributed by atoms with Crippen LogP contribution >= 0.6 is 0 Å². The summed E-state index contributed by atoms with van der Waals surface area (Å²) in [5.74, 6) is -0.663. The number of esters is 2. The molecule has 5 heterocycles. The largest absolute Gasteiger partial charge is 0.461 e. The molecular weight excluding hydrogens is 368 g/mol. The van der Waals surface area contributed by atoms with E-state index in [0.29, 0.717) is 12.8 Å². The van der Waals surface area contributed by atoms with Crippen molar-refractivity contribution in [2.24, 2.45) is 0 Å². The first-order valence-electron chi connectivity index (χ1n) is 10.1. The molecule has 0 spiro atoms. The second-order valence-corrected chi connectivity index (χ2v) is 9.54. The lowest BCUT2D eigenvalue weighted by Gasteiger charge is -2.11. The molecule has 0 unspecified atom stereocenters. The summed E-state index contributed by atoms with van der Waals surface area (Å²) < 4.78 is 33.7. The zero-order valence-corrected chi connectivity index (χ0v) is 16.8. The van der Waals surface area contributed by atoms with Gasteiger partial charge in [0.1, 0.15) is 25.4 Å². The zero-order chi connectivity index (χ0) is 19.9. The predicted octanol–water partition coefficient (Wildman–Crippen LogP) is 1.28. The third-order valence-electron chi connectivity index (χ3n) is 7.31. The van der Waals surface area contributed by atoms with Crippen LogP contribution in [-0.2, 0) is 38.0 Å².